The van der Waals surface area contributed by atoms with Gasteiger partial charge in [-0.25, -0.2) is 9.97 Å². The molecule has 0 radical (unpaired) electrons. The van der Waals surface area contributed by atoms with Crippen LogP contribution in [-0.4, -0.2) is 36.1 Å². The maximum Gasteiger partial charge on any atom is 0.185 e. The molecule has 3 heterocycles. The predicted molar refractivity (Wildman–Crippen MR) is 83.4 cm³/mol. The summed E-state index contributed by atoms with van der Waals surface area (Å²) in [6.07, 6.45) is 3.75. The molecule has 3 rings (SSSR count). The fourth-order valence-electron chi connectivity index (χ4n) is 2.55. The summed E-state index contributed by atoms with van der Waals surface area (Å²) >= 11 is 1.70. The third-order valence-corrected chi connectivity index (χ3v) is 4.44. The number of hydrogen-bond acceptors (Lipinski definition) is 6. The fourth-order valence-corrected chi connectivity index (χ4v) is 3.25. The van der Waals surface area contributed by atoms with Crippen LogP contribution >= 0.6 is 11.3 Å². The van der Waals surface area contributed by atoms with Gasteiger partial charge in [-0.2, -0.15) is 0 Å². The molecular formula is C14H19N5S. The Hall–Kier alpha value is -1.66. The Morgan fingerprint density at radius 1 is 1.20 bits per heavy atom. The van der Waals surface area contributed by atoms with Crippen molar-refractivity contribution in [2.45, 2.75) is 13.5 Å². The standard InChI is InChI=1S/C14H19N5S/c1-11-8-12(9-15)10-17-13(11)18-3-5-19(6-4-18)14-16-2-7-20-14/h2,7-8,10H,3-6,9,15H2,1H3. The smallest absolute Gasteiger partial charge is 0.185 e. The summed E-state index contributed by atoms with van der Waals surface area (Å²) in [6.45, 7) is 6.60. The van der Waals surface area contributed by atoms with Gasteiger partial charge in [-0.05, 0) is 24.1 Å². The number of aromatic nitrogens is 2. The molecule has 20 heavy (non-hydrogen) atoms. The number of nitrogens with two attached hydrogens (primary N) is 1. The highest BCUT2D eigenvalue weighted by atomic mass is 32.1. The van der Waals surface area contributed by atoms with Crippen molar-refractivity contribution in [2.24, 2.45) is 5.73 Å². The summed E-state index contributed by atoms with van der Waals surface area (Å²) < 4.78 is 0. The minimum absolute atomic E-state index is 0.548. The van der Waals surface area contributed by atoms with Crippen molar-refractivity contribution in [2.75, 3.05) is 36.0 Å². The molecule has 5 nitrogen and oxygen atoms in total. The van der Waals surface area contributed by atoms with Crippen molar-refractivity contribution in [1.82, 2.24) is 9.97 Å². The Morgan fingerprint density at radius 3 is 2.55 bits per heavy atom. The first-order valence-corrected chi connectivity index (χ1v) is 7.71. The molecule has 2 aromatic heterocycles. The summed E-state index contributed by atoms with van der Waals surface area (Å²) in [5.74, 6) is 1.08. The maximum absolute atomic E-state index is 5.65. The third-order valence-electron chi connectivity index (χ3n) is 3.61. The zero-order valence-electron chi connectivity index (χ0n) is 11.6. The van der Waals surface area contributed by atoms with Crippen LogP contribution in [0.5, 0.6) is 0 Å². The molecule has 1 aliphatic rings. The number of pyridine rings is 1. The van der Waals surface area contributed by atoms with Crippen molar-refractivity contribution >= 4 is 22.3 Å². The topological polar surface area (TPSA) is 58.3 Å². The zero-order chi connectivity index (χ0) is 13.9. The van der Waals surface area contributed by atoms with E-state index in [0.29, 0.717) is 6.54 Å². The molecule has 2 aromatic rings. The van der Waals surface area contributed by atoms with Gasteiger partial charge in [0.2, 0.25) is 0 Å². The van der Waals surface area contributed by atoms with Gasteiger partial charge in [0.15, 0.2) is 5.13 Å². The van der Waals surface area contributed by atoms with E-state index in [0.717, 1.165) is 42.7 Å². The Kier molecular flexibility index (Phi) is 3.84. The average molecular weight is 289 g/mol. The van der Waals surface area contributed by atoms with Crippen LogP contribution in [0.25, 0.3) is 0 Å². The van der Waals surface area contributed by atoms with Gasteiger partial charge in [0, 0.05) is 50.5 Å². The monoisotopic (exact) mass is 289 g/mol. The molecule has 6 heteroatoms. The Morgan fingerprint density at radius 2 is 1.95 bits per heavy atom. The summed E-state index contributed by atoms with van der Waals surface area (Å²) in [6, 6.07) is 2.13. The molecule has 1 aliphatic heterocycles. The summed E-state index contributed by atoms with van der Waals surface area (Å²) in [7, 11) is 0. The van der Waals surface area contributed by atoms with Gasteiger partial charge in [-0.15, -0.1) is 11.3 Å². The van der Waals surface area contributed by atoms with Crippen LogP contribution in [0.15, 0.2) is 23.8 Å². The number of aryl methyl sites for hydroxylation is 1. The lowest BCUT2D eigenvalue weighted by atomic mass is 10.2. The average Bonchev–Trinajstić information content (AvgIpc) is 3.01. The molecule has 0 atom stereocenters. The lowest BCUT2D eigenvalue weighted by molar-refractivity contribution is 0.644. The predicted octanol–water partition coefficient (Wildman–Crippen LogP) is 1.63. The first-order valence-electron chi connectivity index (χ1n) is 6.83. The van der Waals surface area contributed by atoms with Crippen LogP contribution in [-0.2, 0) is 6.54 Å². The number of nitrogens with zero attached hydrogens (tertiary/aromatic N) is 4. The highest BCUT2D eigenvalue weighted by molar-refractivity contribution is 7.13. The van der Waals surface area contributed by atoms with Gasteiger partial charge in [0.05, 0.1) is 0 Å². The highest BCUT2D eigenvalue weighted by Gasteiger charge is 2.20. The van der Waals surface area contributed by atoms with E-state index in [1.54, 1.807) is 11.3 Å². The maximum atomic E-state index is 5.65. The van der Waals surface area contributed by atoms with Gasteiger partial charge in [-0.1, -0.05) is 0 Å². The van der Waals surface area contributed by atoms with Gasteiger partial charge >= 0.3 is 0 Å². The van der Waals surface area contributed by atoms with E-state index < -0.39 is 0 Å². The zero-order valence-corrected chi connectivity index (χ0v) is 12.4. The Balaban J connectivity index is 1.69. The second-order valence-electron chi connectivity index (χ2n) is 4.98. The van der Waals surface area contributed by atoms with Crippen LogP contribution in [0.4, 0.5) is 10.9 Å². The number of piperazine rings is 1. The first-order chi connectivity index (χ1) is 9.78. The third kappa shape index (κ3) is 2.62. The Labute approximate surface area is 123 Å². The van der Waals surface area contributed by atoms with Gasteiger partial charge in [-0.3, -0.25) is 0 Å². The van der Waals surface area contributed by atoms with E-state index in [4.69, 9.17) is 5.73 Å². The normalized spacial score (nSPS) is 15.7. The molecule has 106 valence electrons. The molecular weight excluding hydrogens is 270 g/mol. The SMILES string of the molecule is Cc1cc(CN)cnc1N1CCN(c2nccs2)CC1. The van der Waals surface area contributed by atoms with Crippen LogP contribution in [0.3, 0.4) is 0 Å². The molecule has 0 aliphatic carbocycles. The summed E-state index contributed by atoms with van der Waals surface area (Å²) in [5.41, 5.74) is 7.95. The van der Waals surface area contributed by atoms with E-state index in [9.17, 15) is 0 Å². The first kappa shape index (κ1) is 13.3. The van der Waals surface area contributed by atoms with Gasteiger partial charge in [0.25, 0.3) is 0 Å². The molecule has 2 N–H and O–H groups in total. The highest BCUT2D eigenvalue weighted by Crippen LogP contribution is 2.23. The number of thiazole rings is 1. The summed E-state index contributed by atoms with van der Waals surface area (Å²) in [5, 5.41) is 3.15. The number of hydrogen-bond donors (Lipinski definition) is 1. The second kappa shape index (κ2) is 5.76. The quantitative estimate of drug-likeness (QED) is 0.930. The van der Waals surface area contributed by atoms with E-state index in [2.05, 4.69) is 32.8 Å². The molecule has 0 saturated carbocycles. The molecule has 0 aromatic carbocycles. The van der Waals surface area contributed by atoms with E-state index in [-0.39, 0.29) is 0 Å². The van der Waals surface area contributed by atoms with Crippen LogP contribution in [0.2, 0.25) is 0 Å². The lowest BCUT2D eigenvalue weighted by Crippen LogP contribution is -2.47. The molecule has 1 fully saturated rings. The van der Waals surface area contributed by atoms with Crippen molar-refractivity contribution in [3.63, 3.8) is 0 Å². The Bertz CT molecular complexity index is 561. The fraction of sp³-hybridized carbons (Fsp3) is 0.429. The molecule has 0 bridgehead atoms. The van der Waals surface area contributed by atoms with Crippen LogP contribution in [0, 0.1) is 6.92 Å². The minimum atomic E-state index is 0.548. The van der Waals surface area contributed by atoms with Gasteiger partial charge < -0.3 is 15.5 Å². The van der Waals surface area contributed by atoms with Gasteiger partial charge in [0.1, 0.15) is 5.82 Å². The van der Waals surface area contributed by atoms with E-state index >= 15 is 0 Å². The molecule has 0 spiro atoms. The molecule has 0 unspecified atom stereocenters. The van der Waals surface area contributed by atoms with Crippen molar-refractivity contribution in [3.05, 3.63) is 35.0 Å². The molecule has 1 saturated heterocycles. The van der Waals surface area contributed by atoms with Crippen LogP contribution < -0.4 is 15.5 Å². The second-order valence-corrected chi connectivity index (χ2v) is 5.85. The molecule has 0 amide bonds. The van der Waals surface area contributed by atoms with Crippen molar-refractivity contribution < 1.29 is 0 Å². The van der Waals surface area contributed by atoms with Crippen molar-refractivity contribution in [1.29, 1.82) is 0 Å². The van der Waals surface area contributed by atoms with Crippen LogP contribution in [0.1, 0.15) is 11.1 Å². The lowest BCUT2D eigenvalue weighted by Gasteiger charge is -2.35. The van der Waals surface area contributed by atoms with E-state index in [1.165, 1.54) is 5.56 Å². The van der Waals surface area contributed by atoms with E-state index in [1.807, 2.05) is 17.8 Å². The summed E-state index contributed by atoms with van der Waals surface area (Å²) in [4.78, 5) is 13.6. The number of anilines is 2. The van der Waals surface area contributed by atoms with Crippen molar-refractivity contribution in [3.8, 4) is 0 Å². The largest absolute Gasteiger partial charge is 0.353 e. The minimum Gasteiger partial charge on any atom is -0.353 e. The number of rotatable bonds is 3.